The van der Waals surface area contributed by atoms with E-state index in [9.17, 15) is 17.2 Å². The van der Waals surface area contributed by atoms with Gasteiger partial charge in [0, 0.05) is 18.8 Å². The van der Waals surface area contributed by atoms with Gasteiger partial charge in [0.15, 0.2) is 9.84 Å². The van der Waals surface area contributed by atoms with E-state index in [4.69, 9.17) is 5.11 Å². The SMILES string of the molecule is CC(NCC(O)C(F)F)c1ccc(S(C)(=O)=O)cc1. The zero-order chi connectivity index (χ0) is 14.6. The number of alkyl halides is 2. The van der Waals surface area contributed by atoms with Gasteiger partial charge in [0.25, 0.3) is 6.43 Å². The van der Waals surface area contributed by atoms with E-state index in [2.05, 4.69) is 5.32 Å². The van der Waals surface area contributed by atoms with Crippen LogP contribution >= 0.6 is 0 Å². The number of sulfone groups is 1. The molecule has 1 rings (SSSR count). The molecule has 2 unspecified atom stereocenters. The standard InChI is InChI=1S/C12H17F2NO3S/c1-8(15-7-11(16)12(13)14)9-3-5-10(6-4-9)19(2,17)18/h3-6,8,11-12,15-16H,7H2,1-2H3. The first-order chi connectivity index (χ1) is 8.71. The molecule has 0 fully saturated rings. The molecule has 0 aliphatic carbocycles. The second-order valence-corrected chi connectivity index (χ2v) is 6.39. The highest BCUT2D eigenvalue weighted by Crippen LogP contribution is 2.16. The van der Waals surface area contributed by atoms with Crippen LogP contribution in [-0.2, 0) is 9.84 Å². The van der Waals surface area contributed by atoms with Gasteiger partial charge in [-0.2, -0.15) is 0 Å². The molecule has 0 saturated heterocycles. The molecule has 0 spiro atoms. The smallest absolute Gasteiger partial charge is 0.265 e. The fourth-order valence-electron chi connectivity index (χ4n) is 1.51. The van der Waals surface area contributed by atoms with Crippen LogP contribution in [0.15, 0.2) is 29.2 Å². The summed E-state index contributed by atoms with van der Waals surface area (Å²) in [6.07, 6.45) is -3.38. The number of nitrogens with one attached hydrogen (secondary N) is 1. The minimum Gasteiger partial charge on any atom is -0.386 e. The van der Waals surface area contributed by atoms with Gasteiger partial charge in [-0.25, -0.2) is 17.2 Å². The van der Waals surface area contributed by atoms with Crippen LogP contribution in [0, 0.1) is 0 Å². The summed E-state index contributed by atoms with van der Waals surface area (Å²) in [5.41, 5.74) is 0.758. The maximum absolute atomic E-state index is 12.1. The highest BCUT2D eigenvalue weighted by Gasteiger charge is 2.17. The van der Waals surface area contributed by atoms with Crippen LogP contribution in [0.4, 0.5) is 8.78 Å². The molecule has 108 valence electrons. The third kappa shape index (κ3) is 4.85. The Labute approximate surface area is 111 Å². The van der Waals surface area contributed by atoms with Crippen LogP contribution in [0.5, 0.6) is 0 Å². The van der Waals surface area contributed by atoms with Crippen LogP contribution in [0.1, 0.15) is 18.5 Å². The number of benzene rings is 1. The Balaban J connectivity index is 2.66. The molecule has 19 heavy (non-hydrogen) atoms. The number of rotatable bonds is 6. The molecule has 0 heterocycles. The average Bonchev–Trinajstić information content (AvgIpc) is 2.34. The van der Waals surface area contributed by atoms with Crippen molar-refractivity contribution >= 4 is 9.84 Å². The third-order valence-electron chi connectivity index (χ3n) is 2.73. The molecule has 0 saturated carbocycles. The van der Waals surface area contributed by atoms with Gasteiger partial charge in [-0.05, 0) is 24.6 Å². The van der Waals surface area contributed by atoms with Crippen LogP contribution in [0.25, 0.3) is 0 Å². The molecule has 0 aliphatic heterocycles. The Morgan fingerprint density at radius 3 is 2.21 bits per heavy atom. The lowest BCUT2D eigenvalue weighted by molar-refractivity contribution is -0.00439. The van der Waals surface area contributed by atoms with Crippen molar-refractivity contribution in [2.75, 3.05) is 12.8 Å². The average molecular weight is 293 g/mol. The van der Waals surface area contributed by atoms with Crippen molar-refractivity contribution in [2.45, 2.75) is 30.4 Å². The van der Waals surface area contributed by atoms with Crippen LogP contribution in [0.2, 0.25) is 0 Å². The largest absolute Gasteiger partial charge is 0.386 e. The lowest BCUT2D eigenvalue weighted by atomic mass is 10.1. The molecule has 4 nitrogen and oxygen atoms in total. The van der Waals surface area contributed by atoms with Crippen LogP contribution in [-0.4, -0.2) is 38.9 Å². The molecule has 0 amide bonds. The summed E-state index contributed by atoms with van der Waals surface area (Å²) in [7, 11) is -3.24. The molecule has 1 aromatic carbocycles. The van der Waals surface area contributed by atoms with E-state index in [-0.39, 0.29) is 17.5 Å². The molecule has 0 aromatic heterocycles. The van der Waals surface area contributed by atoms with Gasteiger partial charge in [-0.15, -0.1) is 0 Å². The van der Waals surface area contributed by atoms with Crippen molar-refractivity contribution in [2.24, 2.45) is 0 Å². The molecule has 7 heteroatoms. The Kier molecular flexibility index (Phi) is 5.39. The molecule has 2 N–H and O–H groups in total. The number of hydrogen-bond acceptors (Lipinski definition) is 4. The zero-order valence-electron chi connectivity index (χ0n) is 10.7. The Morgan fingerprint density at radius 2 is 1.79 bits per heavy atom. The Hall–Kier alpha value is -1.05. The van der Waals surface area contributed by atoms with E-state index < -0.39 is 22.4 Å². The van der Waals surface area contributed by atoms with Crippen molar-refractivity contribution in [1.29, 1.82) is 0 Å². The van der Waals surface area contributed by atoms with Crippen molar-refractivity contribution in [3.8, 4) is 0 Å². The quantitative estimate of drug-likeness (QED) is 0.831. The maximum atomic E-state index is 12.1. The predicted octanol–water partition coefficient (Wildman–Crippen LogP) is 1.37. The first-order valence-corrected chi connectivity index (χ1v) is 7.60. The molecule has 2 atom stereocenters. The van der Waals surface area contributed by atoms with Crippen molar-refractivity contribution in [3.05, 3.63) is 29.8 Å². The summed E-state index contributed by atoms with van der Waals surface area (Å²) in [4.78, 5) is 0.205. The summed E-state index contributed by atoms with van der Waals surface area (Å²) in [6.45, 7) is 1.51. The summed E-state index contributed by atoms with van der Waals surface area (Å²) < 4.78 is 46.8. The maximum Gasteiger partial charge on any atom is 0.265 e. The molecular formula is C12H17F2NO3S. The van der Waals surface area contributed by atoms with E-state index >= 15 is 0 Å². The lowest BCUT2D eigenvalue weighted by Crippen LogP contribution is -2.33. The molecule has 1 aromatic rings. The van der Waals surface area contributed by atoms with Crippen molar-refractivity contribution < 1.29 is 22.3 Å². The lowest BCUT2D eigenvalue weighted by Gasteiger charge is -2.17. The van der Waals surface area contributed by atoms with E-state index in [0.717, 1.165) is 11.8 Å². The van der Waals surface area contributed by atoms with E-state index in [1.165, 1.54) is 12.1 Å². The normalized spacial score (nSPS) is 15.5. The van der Waals surface area contributed by atoms with Gasteiger partial charge in [-0.3, -0.25) is 0 Å². The topological polar surface area (TPSA) is 66.4 Å². The van der Waals surface area contributed by atoms with E-state index in [1.807, 2.05) is 0 Å². The second-order valence-electron chi connectivity index (χ2n) is 4.37. The van der Waals surface area contributed by atoms with E-state index in [0.29, 0.717) is 0 Å². The number of aliphatic hydroxyl groups excluding tert-OH is 1. The highest BCUT2D eigenvalue weighted by molar-refractivity contribution is 7.90. The number of halogens is 2. The predicted molar refractivity (Wildman–Crippen MR) is 68.0 cm³/mol. The van der Waals surface area contributed by atoms with E-state index in [1.54, 1.807) is 19.1 Å². The fraction of sp³-hybridized carbons (Fsp3) is 0.500. The zero-order valence-corrected chi connectivity index (χ0v) is 11.5. The van der Waals surface area contributed by atoms with Gasteiger partial charge in [0.2, 0.25) is 0 Å². The minimum atomic E-state index is -3.24. The highest BCUT2D eigenvalue weighted by atomic mass is 32.2. The summed E-state index contributed by atoms with van der Waals surface area (Å²) in [6, 6.07) is 5.90. The van der Waals surface area contributed by atoms with Crippen molar-refractivity contribution in [3.63, 3.8) is 0 Å². The fourth-order valence-corrected chi connectivity index (χ4v) is 2.14. The number of hydrogen-bond donors (Lipinski definition) is 2. The monoisotopic (exact) mass is 293 g/mol. The third-order valence-corrected chi connectivity index (χ3v) is 3.86. The first-order valence-electron chi connectivity index (χ1n) is 5.71. The molecule has 0 aliphatic rings. The Morgan fingerprint density at radius 1 is 1.26 bits per heavy atom. The first kappa shape index (κ1) is 16.0. The van der Waals surface area contributed by atoms with Crippen molar-refractivity contribution in [1.82, 2.24) is 5.32 Å². The van der Waals surface area contributed by atoms with Gasteiger partial charge in [0.1, 0.15) is 6.10 Å². The summed E-state index contributed by atoms with van der Waals surface area (Å²) in [5, 5.41) is 11.7. The second kappa shape index (κ2) is 6.40. The van der Waals surface area contributed by atoms with Crippen LogP contribution in [0.3, 0.4) is 0 Å². The van der Waals surface area contributed by atoms with Gasteiger partial charge >= 0.3 is 0 Å². The van der Waals surface area contributed by atoms with Gasteiger partial charge < -0.3 is 10.4 Å². The summed E-state index contributed by atoms with van der Waals surface area (Å²) in [5.74, 6) is 0. The summed E-state index contributed by atoms with van der Waals surface area (Å²) >= 11 is 0. The van der Waals surface area contributed by atoms with Gasteiger partial charge in [0.05, 0.1) is 4.90 Å². The molecule has 0 radical (unpaired) electrons. The molecule has 0 bridgehead atoms. The molecular weight excluding hydrogens is 276 g/mol. The van der Waals surface area contributed by atoms with Crippen LogP contribution < -0.4 is 5.32 Å². The minimum absolute atomic E-state index is 0.205. The Bertz CT molecular complexity index is 502. The van der Waals surface area contributed by atoms with Gasteiger partial charge in [-0.1, -0.05) is 12.1 Å². The number of aliphatic hydroxyl groups is 1.